The van der Waals surface area contributed by atoms with Crippen LogP contribution < -0.4 is 4.74 Å². The Morgan fingerprint density at radius 3 is 2.48 bits per heavy atom. The zero-order valence-electron chi connectivity index (χ0n) is 13.6. The Kier molecular flexibility index (Phi) is 3.85. The van der Waals surface area contributed by atoms with Crippen molar-refractivity contribution in [3.63, 3.8) is 0 Å². The second-order valence-electron chi connectivity index (χ2n) is 6.32. The number of rotatable bonds is 4. The van der Waals surface area contributed by atoms with Crippen molar-refractivity contribution in [2.24, 2.45) is 0 Å². The molecule has 0 aliphatic heterocycles. The molecule has 0 unspecified atom stereocenters. The number of hydrogen-bond donors (Lipinski definition) is 0. The first kappa shape index (κ1) is 15.2. The predicted molar refractivity (Wildman–Crippen MR) is 83.4 cm³/mol. The van der Waals surface area contributed by atoms with Gasteiger partial charge in [0.2, 0.25) is 5.89 Å². The number of aromatic nitrogens is 5. The van der Waals surface area contributed by atoms with Crippen LogP contribution in [-0.4, -0.2) is 25.2 Å². The van der Waals surface area contributed by atoms with Crippen molar-refractivity contribution in [3.8, 4) is 11.4 Å². The summed E-state index contributed by atoms with van der Waals surface area (Å²) in [5, 5.41) is 11.1. The molecule has 7 nitrogen and oxygen atoms in total. The van der Waals surface area contributed by atoms with Crippen molar-refractivity contribution in [3.05, 3.63) is 48.4 Å². The average molecular weight is 313 g/mol. The van der Waals surface area contributed by atoms with Crippen LogP contribution in [0.15, 0.2) is 41.2 Å². The summed E-state index contributed by atoms with van der Waals surface area (Å²) in [6.07, 6.45) is 3.03. The van der Waals surface area contributed by atoms with Crippen LogP contribution in [0.3, 0.4) is 0 Å². The zero-order chi connectivity index (χ0) is 16.4. The summed E-state index contributed by atoms with van der Waals surface area (Å²) in [6.45, 7) is 8.16. The summed E-state index contributed by atoms with van der Waals surface area (Å²) in [5.74, 6) is 2.14. The van der Waals surface area contributed by atoms with Crippen LogP contribution in [0.2, 0.25) is 0 Å². The number of tetrazole rings is 1. The minimum Gasteiger partial charge on any atom is -0.481 e. The average Bonchev–Trinajstić information content (AvgIpc) is 3.19. The third kappa shape index (κ3) is 3.39. The summed E-state index contributed by atoms with van der Waals surface area (Å²) in [7, 11) is 0. The molecule has 0 aliphatic carbocycles. The fourth-order valence-electron chi connectivity index (χ4n) is 2.03. The van der Waals surface area contributed by atoms with Crippen molar-refractivity contribution in [2.45, 2.75) is 39.2 Å². The second-order valence-corrected chi connectivity index (χ2v) is 6.32. The van der Waals surface area contributed by atoms with E-state index in [0.29, 0.717) is 5.89 Å². The van der Waals surface area contributed by atoms with Gasteiger partial charge in [-0.05, 0) is 41.6 Å². The van der Waals surface area contributed by atoms with Gasteiger partial charge in [-0.1, -0.05) is 20.8 Å². The summed E-state index contributed by atoms with van der Waals surface area (Å²) in [6, 6.07) is 7.49. The SMILES string of the molecule is C[C@H](Oc1ccc(-n2cnnn2)cc1)c1ncc(C(C)(C)C)o1. The van der Waals surface area contributed by atoms with Crippen molar-refractivity contribution in [1.82, 2.24) is 25.2 Å². The molecule has 3 rings (SSSR count). The summed E-state index contributed by atoms with van der Waals surface area (Å²) < 4.78 is 13.3. The molecular formula is C16H19N5O2. The molecule has 3 aromatic rings. The van der Waals surface area contributed by atoms with Gasteiger partial charge in [0, 0.05) is 5.41 Å². The number of benzene rings is 1. The lowest BCUT2D eigenvalue weighted by atomic mass is 9.94. The molecule has 0 bridgehead atoms. The van der Waals surface area contributed by atoms with Gasteiger partial charge in [-0.15, -0.1) is 5.10 Å². The molecule has 23 heavy (non-hydrogen) atoms. The Balaban J connectivity index is 1.70. The highest BCUT2D eigenvalue weighted by Crippen LogP contribution is 2.27. The van der Waals surface area contributed by atoms with Crippen molar-refractivity contribution in [1.29, 1.82) is 0 Å². The van der Waals surface area contributed by atoms with Gasteiger partial charge in [-0.3, -0.25) is 0 Å². The van der Waals surface area contributed by atoms with Gasteiger partial charge in [0.1, 0.15) is 17.8 Å². The molecule has 0 aliphatic rings. The normalized spacial score (nSPS) is 13.0. The number of oxazole rings is 1. The van der Waals surface area contributed by atoms with E-state index < -0.39 is 0 Å². The Hall–Kier alpha value is -2.70. The highest BCUT2D eigenvalue weighted by Gasteiger charge is 2.22. The highest BCUT2D eigenvalue weighted by molar-refractivity contribution is 5.36. The Bertz CT molecular complexity index is 757. The van der Waals surface area contributed by atoms with Crippen LogP contribution in [0, 0.1) is 0 Å². The molecule has 0 spiro atoms. The van der Waals surface area contributed by atoms with Crippen LogP contribution in [0.5, 0.6) is 5.75 Å². The predicted octanol–water partition coefficient (Wildman–Crippen LogP) is 3.09. The van der Waals surface area contributed by atoms with E-state index in [1.807, 2.05) is 31.2 Å². The van der Waals surface area contributed by atoms with E-state index in [2.05, 4.69) is 41.3 Å². The molecule has 1 aromatic carbocycles. The quantitative estimate of drug-likeness (QED) is 0.736. The Morgan fingerprint density at radius 1 is 1.17 bits per heavy atom. The van der Waals surface area contributed by atoms with E-state index >= 15 is 0 Å². The molecule has 120 valence electrons. The fourth-order valence-corrected chi connectivity index (χ4v) is 2.03. The molecule has 0 radical (unpaired) electrons. The van der Waals surface area contributed by atoms with Crippen LogP contribution in [-0.2, 0) is 5.41 Å². The van der Waals surface area contributed by atoms with Gasteiger partial charge in [0.05, 0.1) is 11.9 Å². The largest absolute Gasteiger partial charge is 0.481 e. The van der Waals surface area contributed by atoms with E-state index in [4.69, 9.17) is 9.15 Å². The fraction of sp³-hybridized carbons (Fsp3) is 0.375. The molecular weight excluding hydrogens is 294 g/mol. The molecule has 7 heteroatoms. The van der Waals surface area contributed by atoms with Gasteiger partial charge in [0.25, 0.3) is 0 Å². The van der Waals surface area contributed by atoms with Gasteiger partial charge in [0.15, 0.2) is 6.10 Å². The first-order chi connectivity index (χ1) is 10.9. The van der Waals surface area contributed by atoms with Gasteiger partial charge >= 0.3 is 0 Å². The number of hydrogen-bond acceptors (Lipinski definition) is 6. The first-order valence-corrected chi connectivity index (χ1v) is 7.40. The molecule has 0 saturated carbocycles. The summed E-state index contributed by atoms with van der Waals surface area (Å²) >= 11 is 0. The lowest BCUT2D eigenvalue weighted by molar-refractivity contribution is 0.182. The standard InChI is InChI=1S/C16H19N5O2/c1-11(15-17-9-14(23-15)16(2,3)4)22-13-7-5-12(6-8-13)21-10-18-19-20-21/h5-11H,1-4H3/t11-/m0/s1. The van der Waals surface area contributed by atoms with Crippen LogP contribution in [0.25, 0.3) is 5.69 Å². The van der Waals surface area contributed by atoms with E-state index in [1.165, 1.54) is 0 Å². The van der Waals surface area contributed by atoms with Crippen molar-refractivity contribution < 1.29 is 9.15 Å². The topological polar surface area (TPSA) is 78.9 Å². The van der Waals surface area contributed by atoms with Crippen LogP contribution in [0.4, 0.5) is 0 Å². The zero-order valence-corrected chi connectivity index (χ0v) is 13.6. The van der Waals surface area contributed by atoms with Crippen LogP contribution >= 0.6 is 0 Å². The molecule has 0 saturated heterocycles. The van der Waals surface area contributed by atoms with E-state index in [0.717, 1.165) is 17.2 Å². The Labute approximate surface area is 134 Å². The molecule has 0 N–H and O–H groups in total. The third-order valence-electron chi connectivity index (χ3n) is 3.37. The van der Waals surface area contributed by atoms with Crippen molar-refractivity contribution in [2.75, 3.05) is 0 Å². The molecule has 0 fully saturated rings. The van der Waals surface area contributed by atoms with E-state index in [9.17, 15) is 0 Å². The minimum atomic E-state index is -0.273. The minimum absolute atomic E-state index is 0.0710. The van der Waals surface area contributed by atoms with Gasteiger partial charge in [-0.2, -0.15) is 0 Å². The number of ether oxygens (including phenoxy) is 1. The maximum absolute atomic E-state index is 5.88. The summed E-state index contributed by atoms with van der Waals surface area (Å²) in [4.78, 5) is 4.31. The van der Waals surface area contributed by atoms with E-state index in [1.54, 1.807) is 17.2 Å². The van der Waals surface area contributed by atoms with E-state index in [-0.39, 0.29) is 11.5 Å². The lowest BCUT2D eigenvalue weighted by Crippen LogP contribution is -2.09. The smallest absolute Gasteiger partial charge is 0.235 e. The van der Waals surface area contributed by atoms with Gasteiger partial charge < -0.3 is 9.15 Å². The first-order valence-electron chi connectivity index (χ1n) is 7.40. The molecule has 2 heterocycles. The Morgan fingerprint density at radius 2 is 1.91 bits per heavy atom. The second kappa shape index (κ2) is 5.83. The maximum atomic E-state index is 5.88. The van der Waals surface area contributed by atoms with Crippen LogP contribution in [0.1, 0.15) is 45.4 Å². The third-order valence-corrected chi connectivity index (χ3v) is 3.37. The number of nitrogens with zero attached hydrogens (tertiary/aromatic N) is 5. The van der Waals surface area contributed by atoms with Gasteiger partial charge in [-0.25, -0.2) is 9.67 Å². The maximum Gasteiger partial charge on any atom is 0.235 e. The molecule has 2 aromatic heterocycles. The molecule has 1 atom stereocenters. The lowest BCUT2D eigenvalue weighted by Gasteiger charge is -2.15. The van der Waals surface area contributed by atoms with Crippen molar-refractivity contribution >= 4 is 0 Å². The molecule has 0 amide bonds. The summed E-state index contributed by atoms with van der Waals surface area (Å²) in [5.41, 5.74) is 0.791. The highest BCUT2D eigenvalue weighted by atomic mass is 16.5. The monoisotopic (exact) mass is 313 g/mol.